The number of carbonyl (C=O) groups excluding carboxylic acids is 2. The maximum absolute atomic E-state index is 12.5. The van der Waals surface area contributed by atoms with Gasteiger partial charge in [0, 0.05) is 31.1 Å². The van der Waals surface area contributed by atoms with E-state index in [1.165, 1.54) is 16.6 Å². The maximum atomic E-state index is 12.5. The molecule has 0 spiro atoms. The summed E-state index contributed by atoms with van der Waals surface area (Å²) in [6.45, 7) is 6.58. The summed E-state index contributed by atoms with van der Waals surface area (Å²) in [5, 5.41) is 4.85. The number of thiophene rings is 1. The van der Waals surface area contributed by atoms with Gasteiger partial charge >= 0.3 is 0 Å². The number of rotatable bonds is 6. The predicted octanol–water partition coefficient (Wildman–Crippen LogP) is 2.35. The Morgan fingerprint density at radius 2 is 2.15 bits per heavy atom. The minimum atomic E-state index is -0.475. The first kappa shape index (κ1) is 19.6. The Bertz CT molecular complexity index is 837. The van der Waals surface area contributed by atoms with Gasteiger partial charge in [0.05, 0.1) is 17.8 Å². The lowest BCUT2D eigenvalue weighted by Gasteiger charge is -2.27. The summed E-state index contributed by atoms with van der Waals surface area (Å²) in [5.74, 6) is -0.145. The van der Waals surface area contributed by atoms with Gasteiger partial charge in [-0.15, -0.1) is 11.3 Å². The molecule has 144 valence electrons. The Morgan fingerprint density at radius 1 is 1.37 bits per heavy atom. The van der Waals surface area contributed by atoms with E-state index in [9.17, 15) is 9.59 Å². The van der Waals surface area contributed by atoms with Crippen molar-refractivity contribution in [1.82, 2.24) is 20.2 Å². The summed E-state index contributed by atoms with van der Waals surface area (Å²) < 4.78 is 0. The number of hydrogen-bond acceptors (Lipinski definition) is 6. The summed E-state index contributed by atoms with van der Waals surface area (Å²) >= 11 is 7.81. The minimum absolute atomic E-state index is 0.0835. The van der Waals surface area contributed by atoms with Gasteiger partial charge in [0.25, 0.3) is 5.91 Å². The van der Waals surface area contributed by atoms with Crippen molar-refractivity contribution in [3.8, 4) is 0 Å². The molecule has 3 rings (SSSR count). The van der Waals surface area contributed by atoms with Gasteiger partial charge in [-0.25, -0.2) is 9.97 Å². The van der Waals surface area contributed by atoms with Crippen LogP contribution in [0.5, 0.6) is 0 Å². The second-order valence-electron chi connectivity index (χ2n) is 6.16. The van der Waals surface area contributed by atoms with Crippen LogP contribution < -0.4 is 10.2 Å². The highest BCUT2D eigenvalue weighted by Crippen LogP contribution is 2.24. The van der Waals surface area contributed by atoms with E-state index in [4.69, 9.17) is 11.6 Å². The summed E-state index contributed by atoms with van der Waals surface area (Å²) in [6, 6.07) is 2.05. The lowest BCUT2D eigenvalue weighted by molar-refractivity contribution is -0.131. The Kier molecular flexibility index (Phi) is 6.28. The summed E-state index contributed by atoms with van der Waals surface area (Å²) in [7, 11) is 0. The van der Waals surface area contributed by atoms with Crippen molar-refractivity contribution in [2.45, 2.75) is 26.8 Å². The van der Waals surface area contributed by atoms with Gasteiger partial charge in [-0.05, 0) is 37.3 Å². The van der Waals surface area contributed by atoms with Crippen LogP contribution in [-0.2, 0) is 17.8 Å². The number of aromatic nitrogens is 2. The van der Waals surface area contributed by atoms with E-state index < -0.39 is 5.91 Å². The van der Waals surface area contributed by atoms with Crippen molar-refractivity contribution < 1.29 is 9.59 Å². The van der Waals surface area contributed by atoms with Gasteiger partial charge in [0.2, 0.25) is 11.9 Å². The van der Waals surface area contributed by atoms with Crippen molar-refractivity contribution >= 4 is 40.7 Å². The first-order valence-electron chi connectivity index (χ1n) is 8.92. The number of amides is 2. The molecule has 2 aromatic heterocycles. The fourth-order valence-electron chi connectivity index (χ4n) is 2.99. The average molecular weight is 408 g/mol. The van der Waals surface area contributed by atoms with Crippen molar-refractivity contribution in [2.75, 3.05) is 31.1 Å². The third-order valence-corrected chi connectivity index (χ3v) is 5.85. The molecule has 0 radical (unpaired) electrons. The smallest absolute Gasteiger partial charge is 0.272 e. The molecule has 2 amide bonds. The molecule has 0 aromatic carbocycles. The summed E-state index contributed by atoms with van der Waals surface area (Å²) in [5.41, 5.74) is 1.27. The van der Waals surface area contributed by atoms with Crippen LogP contribution in [0, 0.1) is 0 Å². The lowest BCUT2D eigenvalue weighted by Crippen LogP contribution is -2.42. The molecular formula is C18H22ClN5O2S. The zero-order chi connectivity index (χ0) is 19.4. The van der Waals surface area contributed by atoms with Crippen molar-refractivity contribution in [3.05, 3.63) is 38.8 Å². The van der Waals surface area contributed by atoms with Crippen LogP contribution in [0.2, 0.25) is 5.02 Å². The molecule has 27 heavy (non-hydrogen) atoms. The van der Waals surface area contributed by atoms with Gasteiger partial charge in [-0.2, -0.15) is 0 Å². The van der Waals surface area contributed by atoms with Gasteiger partial charge in [0.1, 0.15) is 0 Å². The fraction of sp³-hybridized carbons (Fsp3) is 0.444. The molecule has 0 saturated carbocycles. The molecule has 1 aliphatic rings. The monoisotopic (exact) mass is 407 g/mol. The molecular weight excluding hydrogens is 386 g/mol. The molecule has 3 heterocycles. The standard InChI is InChI=1S/C18H22ClN5O2S/c1-3-23(4-2)18-21-9-13(19)16(22-18)17(26)20-10-15(25)24-7-5-14-12(11-24)6-8-27-14/h6,8-9H,3-5,7,10-11H2,1-2H3,(H,20,26). The van der Waals surface area contributed by atoms with Gasteiger partial charge < -0.3 is 15.1 Å². The van der Waals surface area contributed by atoms with Crippen LogP contribution in [0.15, 0.2) is 17.6 Å². The zero-order valence-electron chi connectivity index (χ0n) is 15.4. The number of nitrogens with zero attached hydrogens (tertiary/aromatic N) is 4. The highest BCUT2D eigenvalue weighted by molar-refractivity contribution is 7.10. The number of fused-ring (bicyclic) bond motifs is 1. The van der Waals surface area contributed by atoms with E-state index in [0.717, 1.165) is 19.5 Å². The maximum Gasteiger partial charge on any atom is 0.272 e. The van der Waals surface area contributed by atoms with Crippen molar-refractivity contribution in [1.29, 1.82) is 0 Å². The van der Waals surface area contributed by atoms with Crippen LogP contribution >= 0.6 is 22.9 Å². The van der Waals surface area contributed by atoms with Crippen molar-refractivity contribution in [3.63, 3.8) is 0 Å². The van der Waals surface area contributed by atoms with Crippen LogP contribution in [0.25, 0.3) is 0 Å². The van der Waals surface area contributed by atoms with Crippen LogP contribution in [0.1, 0.15) is 34.8 Å². The van der Waals surface area contributed by atoms with E-state index in [-0.39, 0.29) is 23.2 Å². The highest BCUT2D eigenvalue weighted by atomic mass is 35.5. The quantitative estimate of drug-likeness (QED) is 0.795. The van der Waals surface area contributed by atoms with Gasteiger partial charge in [-0.1, -0.05) is 11.6 Å². The minimum Gasteiger partial charge on any atom is -0.342 e. The predicted molar refractivity (Wildman–Crippen MR) is 106 cm³/mol. The molecule has 0 atom stereocenters. The second-order valence-corrected chi connectivity index (χ2v) is 7.56. The number of carbonyl (C=O) groups is 2. The third kappa shape index (κ3) is 4.39. The Balaban J connectivity index is 1.62. The molecule has 0 saturated heterocycles. The van der Waals surface area contributed by atoms with E-state index in [2.05, 4.69) is 15.3 Å². The number of nitrogens with one attached hydrogen (secondary N) is 1. The normalized spacial score (nSPS) is 13.2. The fourth-order valence-corrected chi connectivity index (χ4v) is 4.06. The second kappa shape index (κ2) is 8.67. The van der Waals surface area contributed by atoms with Crippen molar-refractivity contribution in [2.24, 2.45) is 0 Å². The topological polar surface area (TPSA) is 78.4 Å². The van der Waals surface area contributed by atoms with E-state index in [0.29, 0.717) is 19.0 Å². The molecule has 7 nitrogen and oxygen atoms in total. The summed E-state index contributed by atoms with van der Waals surface area (Å²) in [4.78, 5) is 38.4. The Labute approximate surface area is 167 Å². The molecule has 9 heteroatoms. The molecule has 1 aliphatic heterocycles. The van der Waals surface area contributed by atoms with Crippen LogP contribution in [-0.4, -0.2) is 52.9 Å². The van der Waals surface area contributed by atoms with Crippen LogP contribution in [0.3, 0.4) is 0 Å². The Hall–Kier alpha value is -2.19. The molecule has 0 aliphatic carbocycles. The number of hydrogen-bond donors (Lipinski definition) is 1. The van der Waals surface area contributed by atoms with Crippen LogP contribution in [0.4, 0.5) is 5.95 Å². The first-order valence-corrected chi connectivity index (χ1v) is 10.2. The van der Waals surface area contributed by atoms with E-state index in [1.54, 1.807) is 16.2 Å². The van der Waals surface area contributed by atoms with Gasteiger partial charge in [0.15, 0.2) is 5.69 Å². The molecule has 2 aromatic rings. The SMILES string of the molecule is CCN(CC)c1ncc(Cl)c(C(=O)NCC(=O)N2CCc3sccc3C2)n1. The first-order chi connectivity index (χ1) is 13.0. The third-order valence-electron chi connectivity index (χ3n) is 4.55. The van der Waals surface area contributed by atoms with Gasteiger partial charge in [-0.3, -0.25) is 9.59 Å². The Morgan fingerprint density at radius 3 is 2.89 bits per heavy atom. The number of halogens is 1. The molecule has 0 fully saturated rings. The summed E-state index contributed by atoms with van der Waals surface area (Å²) in [6.07, 6.45) is 2.28. The highest BCUT2D eigenvalue weighted by Gasteiger charge is 2.23. The van der Waals surface area contributed by atoms with E-state index in [1.807, 2.05) is 30.2 Å². The molecule has 1 N–H and O–H groups in total. The van der Waals surface area contributed by atoms with E-state index >= 15 is 0 Å². The zero-order valence-corrected chi connectivity index (χ0v) is 16.9. The average Bonchev–Trinajstić information content (AvgIpc) is 3.15. The lowest BCUT2D eigenvalue weighted by atomic mass is 10.1. The molecule has 0 unspecified atom stereocenters. The largest absolute Gasteiger partial charge is 0.342 e. The number of anilines is 1. The molecule has 0 bridgehead atoms.